The number of hydrogen-bond acceptors (Lipinski definition) is 2. The number of halogens is 1. The van der Waals surface area contributed by atoms with Crippen molar-refractivity contribution in [3.05, 3.63) is 28.8 Å². The molecule has 1 saturated carbocycles. The lowest BCUT2D eigenvalue weighted by molar-refractivity contribution is 0.549. The highest BCUT2D eigenvalue weighted by Crippen LogP contribution is 2.36. The average molecular weight is 237 g/mol. The summed E-state index contributed by atoms with van der Waals surface area (Å²) < 4.78 is 0. The molecule has 1 aromatic carbocycles. The van der Waals surface area contributed by atoms with Crippen molar-refractivity contribution >= 4 is 17.3 Å². The van der Waals surface area contributed by atoms with Crippen LogP contribution in [0, 0.1) is 0 Å². The van der Waals surface area contributed by atoms with E-state index in [4.69, 9.17) is 11.6 Å². The summed E-state index contributed by atoms with van der Waals surface area (Å²) in [5, 5.41) is 7.88. The summed E-state index contributed by atoms with van der Waals surface area (Å²) in [5.74, 6) is 0.621. The zero-order valence-electron chi connectivity index (χ0n) is 9.30. The van der Waals surface area contributed by atoms with Crippen LogP contribution in [0.1, 0.15) is 30.7 Å². The van der Waals surface area contributed by atoms with E-state index < -0.39 is 0 Å². The molecule has 0 amide bonds. The number of hydrogen-bond donors (Lipinski definition) is 2. The van der Waals surface area contributed by atoms with E-state index in [2.05, 4.69) is 22.8 Å². The minimum atomic E-state index is 0.621. The van der Waals surface area contributed by atoms with Crippen molar-refractivity contribution in [2.75, 3.05) is 18.4 Å². The molecular weight excluding hydrogens is 220 g/mol. The van der Waals surface area contributed by atoms with Crippen LogP contribution in [0.15, 0.2) is 18.2 Å². The summed E-state index contributed by atoms with van der Waals surface area (Å²) in [6.45, 7) is 2.13. The van der Waals surface area contributed by atoms with E-state index >= 15 is 0 Å². The van der Waals surface area contributed by atoms with E-state index in [-0.39, 0.29) is 0 Å². The molecule has 0 spiro atoms. The van der Waals surface area contributed by atoms with Crippen LogP contribution in [-0.2, 0) is 0 Å². The molecule has 1 heterocycles. The van der Waals surface area contributed by atoms with Crippen molar-refractivity contribution in [3.8, 4) is 0 Å². The van der Waals surface area contributed by atoms with Gasteiger partial charge < -0.3 is 10.6 Å². The van der Waals surface area contributed by atoms with Gasteiger partial charge in [0, 0.05) is 25.0 Å². The molecule has 3 heteroatoms. The number of para-hydroxylation sites is 1. The smallest absolute Gasteiger partial charge is 0.0640 e. The van der Waals surface area contributed by atoms with Gasteiger partial charge in [-0.3, -0.25) is 0 Å². The van der Waals surface area contributed by atoms with Gasteiger partial charge in [-0.15, -0.1) is 0 Å². The van der Waals surface area contributed by atoms with Crippen LogP contribution in [0.4, 0.5) is 5.69 Å². The van der Waals surface area contributed by atoms with E-state index in [1.54, 1.807) is 0 Å². The van der Waals surface area contributed by atoms with Gasteiger partial charge in [0.15, 0.2) is 0 Å². The van der Waals surface area contributed by atoms with E-state index in [1.807, 2.05) is 6.07 Å². The minimum Gasteiger partial charge on any atom is -0.384 e. The Morgan fingerprint density at radius 2 is 2.19 bits per heavy atom. The van der Waals surface area contributed by atoms with Crippen molar-refractivity contribution < 1.29 is 0 Å². The summed E-state index contributed by atoms with van der Waals surface area (Å²) in [7, 11) is 0. The van der Waals surface area contributed by atoms with Crippen LogP contribution in [0.3, 0.4) is 0 Å². The first-order valence-electron chi connectivity index (χ1n) is 6.10. The van der Waals surface area contributed by atoms with E-state index in [1.165, 1.54) is 24.8 Å². The lowest BCUT2D eigenvalue weighted by Gasteiger charge is -2.27. The lowest BCUT2D eigenvalue weighted by atomic mass is 9.91. The van der Waals surface area contributed by atoms with Gasteiger partial charge in [0.25, 0.3) is 0 Å². The first-order chi connectivity index (χ1) is 7.84. The van der Waals surface area contributed by atoms with Gasteiger partial charge >= 0.3 is 0 Å². The van der Waals surface area contributed by atoms with Crippen molar-refractivity contribution in [3.63, 3.8) is 0 Å². The van der Waals surface area contributed by atoms with Gasteiger partial charge in [0.2, 0.25) is 0 Å². The van der Waals surface area contributed by atoms with Crippen molar-refractivity contribution in [2.45, 2.75) is 31.2 Å². The molecule has 16 heavy (non-hydrogen) atoms. The van der Waals surface area contributed by atoms with Crippen molar-refractivity contribution in [1.82, 2.24) is 5.32 Å². The second-order valence-corrected chi connectivity index (χ2v) is 5.21. The van der Waals surface area contributed by atoms with Gasteiger partial charge in [-0.1, -0.05) is 23.7 Å². The molecule has 2 N–H and O–H groups in total. The third-order valence-corrected chi connectivity index (χ3v) is 3.83. The summed E-state index contributed by atoms with van der Waals surface area (Å²) in [5.41, 5.74) is 2.53. The number of fused-ring (bicyclic) bond motifs is 1. The molecule has 1 aliphatic heterocycles. The summed E-state index contributed by atoms with van der Waals surface area (Å²) in [6, 6.07) is 7.01. The maximum absolute atomic E-state index is 6.20. The van der Waals surface area contributed by atoms with E-state index in [0.29, 0.717) is 5.92 Å². The molecule has 2 aliphatic rings. The fourth-order valence-corrected chi connectivity index (χ4v) is 2.65. The molecule has 86 valence electrons. The number of rotatable bonds is 3. The fourth-order valence-electron chi connectivity index (χ4n) is 2.40. The molecule has 1 aliphatic carbocycles. The van der Waals surface area contributed by atoms with Gasteiger partial charge in [0.05, 0.1) is 10.7 Å². The average Bonchev–Trinajstić information content (AvgIpc) is 3.11. The predicted octanol–water partition coefficient (Wildman–Crippen LogP) is 2.99. The highest BCUT2D eigenvalue weighted by molar-refractivity contribution is 6.33. The second-order valence-electron chi connectivity index (χ2n) is 4.80. The summed E-state index contributed by atoms with van der Waals surface area (Å²) in [6.07, 6.45) is 3.91. The molecule has 2 nitrogen and oxygen atoms in total. The molecule has 0 bridgehead atoms. The Morgan fingerprint density at radius 1 is 1.31 bits per heavy atom. The van der Waals surface area contributed by atoms with Gasteiger partial charge in [-0.05, 0) is 30.9 Å². The Hall–Kier alpha value is -0.730. The molecule has 0 aromatic heterocycles. The maximum atomic E-state index is 6.20. The zero-order valence-corrected chi connectivity index (χ0v) is 10.1. The first-order valence-corrected chi connectivity index (χ1v) is 6.48. The second kappa shape index (κ2) is 4.27. The van der Waals surface area contributed by atoms with Crippen molar-refractivity contribution in [2.24, 2.45) is 0 Å². The quantitative estimate of drug-likeness (QED) is 0.843. The third kappa shape index (κ3) is 2.04. The molecular formula is C13H17ClN2. The maximum Gasteiger partial charge on any atom is 0.0640 e. The Bertz CT molecular complexity index is 388. The molecule has 0 saturated heterocycles. The van der Waals surface area contributed by atoms with Gasteiger partial charge in [-0.2, -0.15) is 0 Å². The SMILES string of the molecule is Clc1cccc2c1NCCC2CNC1CC1. The Balaban J connectivity index is 1.78. The minimum absolute atomic E-state index is 0.621. The largest absolute Gasteiger partial charge is 0.384 e. The topological polar surface area (TPSA) is 24.1 Å². The highest BCUT2D eigenvalue weighted by atomic mass is 35.5. The third-order valence-electron chi connectivity index (χ3n) is 3.51. The van der Waals surface area contributed by atoms with Crippen LogP contribution in [0.25, 0.3) is 0 Å². The summed E-state index contributed by atoms with van der Waals surface area (Å²) in [4.78, 5) is 0. The van der Waals surface area contributed by atoms with E-state index in [0.717, 1.165) is 29.8 Å². The molecule has 1 aromatic rings. The molecule has 1 fully saturated rings. The van der Waals surface area contributed by atoms with Gasteiger partial charge in [0.1, 0.15) is 0 Å². The van der Waals surface area contributed by atoms with Crippen LogP contribution in [0.5, 0.6) is 0 Å². The summed E-state index contributed by atoms with van der Waals surface area (Å²) >= 11 is 6.20. The molecule has 3 rings (SSSR count). The highest BCUT2D eigenvalue weighted by Gasteiger charge is 2.25. The number of anilines is 1. The Morgan fingerprint density at radius 3 is 3.00 bits per heavy atom. The monoisotopic (exact) mass is 236 g/mol. The first kappa shape index (κ1) is 10.4. The van der Waals surface area contributed by atoms with Gasteiger partial charge in [-0.25, -0.2) is 0 Å². The molecule has 1 unspecified atom stereocenters. The van der Waals surface area contributed by atoms with Crippen LogP contribution >= 0.6 is 11.6 Å². The van der Waals surface area contributed by atoms with Crippen LogP contribution < -0.4 is 10.6 Å². The molecule has 0 radical (unpaired) electrons. The lowest BCUT2D eigenvalue weighted by Crippen LogP contribution is -2.28. The van der Waals surface area contributed by atoms with E-state index in [9.17, 15) is 0 Å². The standard InChI is InChI=1S/C13H17ClN2/c14-12-3-1-2-11-9(6-7-15-13(11)12)8-16-10-4-5-10/h1-3,9-10,15-16H,4-8H2. The van der Waals surface area contributed by atoms with Crippen LogP contribution in [-0.4, -0.2) is 19.1 Å². The Labute approximate surface area is 101 Å². The predicted molar refractivity (Wildman–Crippen MR) is 68.3 cm³/mol. The Kier molecular flexibility index (Phi) is 2.78. The zero-order chi connectivity index (χ0) is 11.0. The fraction of sp³-hybridized carbons (Fsp3) is 0.538. The number of benzene rings is 1. The molecule has 1 atom stereocenters. The van der Waals surface area contributed by atoms with Crippen LogP contribution in [0.2, 0.25) is 5.02 Å². The van der Waals surface area contributed by atoms with Crippen molar-refractivity contribution in [1.29, 1.82) is 0 Å². The number of nitrogens with one attached hydrogen (secondary N) is 2. The normalized spacial score (nSPS) is 23.7.